The van der Waals surface area contributed by atoms with Crippen molar-refractivity contribution in [1.29, 1.82) is 0 Å². The summed E-state index contributed by atoms with van der Waals surface area (Å²) in [4.78, 5) is 11.9. The van der Waals surface area contributed by atoms with E-state index in [0.717, 1.165) is 11.1 Å². The van der Waals surface area contributed by atoms with E-state index in [4.69, 9.17) is 23.2 Å². The molecular formula is C16H13Cl2NO. The number of anilines is 1. The summed E-state index contributed by atoms with van der Waals surface area (Å²) >= 11 is 12.0. The SMILES string of the molecule is Cc1c(Cl)cccc1NC(=O)C=Cc1ccccc1Cl. The Morgan fingerprint density at radius 1 is 1.05 bits per heavy atom. The number of rotatable bonds is 3. The van der Waals surface area contributed by atoms with Crippen LogP contribution in [0.4, 0.5) is 5.69 Å². The maximum atomic E-state index is 11.9. The summed E-state index contributed by atoms with van der Waals surface area (Å²) in [6, 6.07) is 12.7. The second-order valence-corrected chi connectivity index (χ2v) is 5.07. The molecule has 1 amide bonds. The average Bonchev–Trinajstić information content (AvgIpc) is 2.43. The standard InChI is InChI=1S/C16H13Cl2NO/c1-11-13(17)7-4-8-15(11)19-16(20)10-9-12-5-2-3-6-14(12)18/h2-10H,1H3,(H,19,20). The minimum atomic E-state index is -0.227. The number of amides is 1. The van der Waals surface area contributed by atoms with Crippen LogP contribution in [0.5, 0.6) is 0 Å². The fourth-order valence-electron chi connectivity index (χ4n) is 1.69. The summed E-state index contributed by atoms with van der Waals surface area (Å²) in [5.41, 5.74) is 2.34. The smallest absolute Gasteiger partial charge is 0.248 e. The van der Waals surface area contributed by atoms with Gasteiger partial charge in [0.2, 0.25) is 5.91 Å². The molecular weight excluding hydrogens is 293 g/mol. The van der Waals surface area contributed by atoms with Gasteiger partial charge in [0.25, 0.3) is 0 Å². The molecule has 0 bridgehead atoms. The lowest BCUT2D eigenvalue weighted by Crippen LogP contribution is -2.08. The minimum Gasteiger partial charge on any atom is -0.322 e. The van der Waals surface area contributed by atoms with E-state index in [2.05, 4.69) is 5.32 Å². The van der Waals surface area contributed by atoms with E-state index in [0.29, 0.717) is 15.7 Å². The first-order chi connectivity index (χ1) is 9.58. The Morgan fingerprint density at radius 2 is 1.75 bits per heavy atom. The van der Waals surface area contributed by atoms with E-state index in [1.807, 2.05) is 31.2 Å². The highest BCUT2D eigenvalue weighted by molar-refractivity contribution is 6.32. The van der Waals surface area contributed by atoms with Gasteiger partial charge in [-0.1, -0.05) is 47.5 Å². The van der Waals surface area contributed by atoms with Crippen LogP contribution >= 0.6 is 23.2 Å². The van der Waals surface area contributed by atoms with Crippen LogP contribution in [0.3, 0.4) is 0 Å². The number of halogens is 2. The zero-order valence-electron chi connectivity index (χ0n) is 10.9. The van der Waals surface area contributed by atoms with Crippen molar-refractivity contribution in [2.24, 2.45) is 0 Å². The van der Waals surface area contributed by atoms with Gasteiger partial charge >= 0.3 is 0 Å². The summed E-state index contributed by atoms with van der Waals surface area (Å²) in [5, 5.41) is 4.02. The lowest BCUT2D eigenvalue weighted by Gasteiger charge is -2.07. The fourth-order valence-corrected chi connectivity index (χ4v) is 2.07. The first kappa shape index (κ1) is 14.6. The molecule has 102 valence electrons. The lowest BCUT2D eigenvalue weighted by molar-refractivity contribution is -0.111. The number of carbonyl (C=O) groups is 1. The van der Waals surface area contributed by atoms with Crippen LogP contribution in [0, 0.1) is 6.92 Å². The summed E-state index contributed by atoms with van der Waals surface area (Å²) in [5.74, 6) is -0.227. The van der Waals surface area contributed by atoms with E-state index >= 15 is 0 Å². The molecule has 20 heavy (non-hydrogen) atoms. The number of benzene rings is 2. The maximum absolute atomic E-state index is 11.9. The highest BCUT2D eigenvalue weighted by Crippen LogP contribution is 2.23. The van der Waals surface area contributed by atoms with Crippen molar-refractivity contribution in [3.63, 3.8) is 0 Å². The van der Waals surface area contributed by atoms with E-state index in [1.165, 1.54) is 6.08 Å². The van der Waals surface area contributed by atoms with Gasteiger partial charge in [-0.05, 0) is 42.3 Å². The molecule has 0 saturated carbocycles. The second-order valence-electron chi connectivity index (χ2n) is 4.26. The number of hydrogen-bond acceptors (Lipinski definition) is 1. The Bertz CT molecular complexity index is 665. The lowest BCUT2D eigenvalue weighted by atomic mass is 10.2. The van der Waals surface area contributed by atoms with Crippen LogP contribution in [0.2, 0.25) is 10.0 Å². The molecule has 0 fully saturated rings. The summed E-state index contributed by atoms with van der Waals surface area (Å²) in [7, 11) is 0. The van der Waals surface area contributed by atoms with Gasteiger partial charge in [-0.25, -0.2) is 0 Å². The number of hydrogen-bond donors (Lipinski definition) is 1. The first-order valence-electron chi connectivity index (χ1n) is 6.06. The highest BCUT2D eigenvalue weighted by atomic mass is 35.5. The molecule has 0 atom stereocenters. The second kappa shape index (κ2) is 6.60. The Balaban J connectivity index is 2.10. The van der Waals surface area contributed by atoms with Gasteiger partial charge in [0.1, 0.15) is 0 Å². The molecule has 1 N–H and O–H groups in total. The molecule has 2 nitrogen and oxygen atoms in total. The van der Waals surface area contributed by atoms with Gasteiger partial charge in [0, 0.05) is 21.8 Å². The number of carbonyl (C=O) groups excluding carboxylic acids is 1. The molecule has 0 unspecified atom stereocenters. The van der Waals surface area contributed by atoms with Crippen molar-refractivity contribution in [2.45, 2.75) is 6.92 Å². The fraction of sp³-hybridized carbons (Fsp3) is 0.0625. The zero-order chi connectivity index (χ0) is 14.5. The molecule has 4 heteroatoms. The van der Waals surface area contributed by atoms with Crippen molar-refractivity contribution in [3.05, 3.63) is 69.7 Å². The van der Waals surface area contributed by atoms with E-state index in [-0.39, 0.29) is 5.91 Å². The monoisotopic (exact) mass is 305 g/mol. The zero-order valence-corrected chi connectivity index (χ0v) is 12.4. The molecule has 0 aliphatic heterocycles. The third-order valence-corrected chi connectivity index (χ3v) is 3.60. The number of nitrogens with one attached hydrogen (secondary N) is 1. The summed E-state index contributed by atoms with van der Waals surface area (Å²) in [6.45, 7) is 1.86. The topological polar surface area (TPSA) is 29.1 Å². The van der Waals surface area contributed by atoms with Gasteiger partial charge in [-0.3, -0.25) is 4.79 Å². The molecule has 0 aliphatic rings. The quantitative estimate of drug-likeness (QED) is 0.798. The Morgan fingerprint density at radius 3 is 2.50 bits per heavy atom. The van der Waals surface area contributed by atoms with E-state index in [9.17, 15) is 4.79 Å². The van der Waals surface area contributed by atoms with Crippen molar-refractivity contribution in [2.75, 3.05) is 5.32 Å². The minimum absolute atomic E-state index is 0.227. The first-order valence-corrected chi connectivity index (χ1v) is 6.82. The molecule has 0 radical (unpaired) electrons. The molecule has 2 aromatic carbocycles. The van der Waals surface area contributed by atoms with Gasteiger partial charge in [0.15, 0.2) is 0 Å². The van der Waals surface area contributed by atoms with Crippen LogP contribution in [-0.2, 0) is 4.79 Å². The third kappa shape index (κ3) is 3.62. The van der Waals surface area contributed by atoms with E-state index < -0.39 is 0 Å². The largest absolute Gasteiger partial charge is 0.322 e. The van der Waals surface area contributed by atoms with Crippen molar-refractivity contribution in [3.8, 4) is 0 Å². The van der Waals surface area contributed by atoms with Crippen LogP contribution < -0.4 is 5.32 Å². The third-order valence-electron chi connectivity index (χ3n) is 2.85. The Hall–Kier alpha value is -1.77. The van der Waals surface area contributed by atoms with Crippen LogP contribution in [0.1, 0.15) is 11.1 Å². The van der Waals surface area contributed by atoms with Crippen molar-refractivity contribution < 1.29 is 4.79 Å². The van der Waals surface area contributed by atoms with Crippen molar-refractivity contribution >= 4 is 40.9 Å². The Kier molecular flexibility index (Phi) is 4.83. The molecule has 2 rings (SSSR count). The molecule has 2 aromatic rings. The molecule has 0 heterocycles. The van der Waals surface area contributed by atoms with Crippen molar-refractivity contribution in [1.82, 2.24) is 0 Å². The average molecular weight is 306 g/mol. The highest BCUT2D eigenvalue weighted by Gasteiger charge is 2.04. The molecule has 0 aliphatic carbocycles. The van der Waals surface area contributed by atoms with Crippen LogP contribution in [0.15, 0.2) is 48.5 Å². The van der Waals surface area contributed by atoms with Crippen LogP contribution in [-0.4, -0.2) is 5.91 Å². The normalized spacial score (nSPS) is 10.8. The van der Waals surface area contributed by atoms with Crippen LogP contribution in [0.25, 0.3) is 6.08 Å². The predicted molar refractivity (Wildman–Crippen MR) is 85.3 cm³/mol. The van der Waals surface area contributed by atoms with Gasteiger partial charge in [-0.15, -0.1) is 0 Å². The summed E-state index contributed by atoms with van der Waals surface area (Å²) in [6.07, 6.45) is 3.12. The van der Waals surface area contributed by atoms with Gasteiger partial charge in [-0.2, -0.15) is 0 Å². The molecule has 0 aromatic heterocycles. The Labute approximate surface area is 128 Å². The van der Waals surface area contributed by atoms with E-state index in [1.54, 1.807) is 24.3 Å². The maximum Gasteiger partial charge on any atom is 0.248 e. The summed E-state index contributed by atoms with van der Waals surface area (Å²) < 4.78 is 0. The molecule has 0 spiro atoms. The predicted octanol–water partition coefficient (Wildman–Crippen LogP) is 4.95. The van der Waals surface area contributed by atoms with Gasteiger partial charge in [0.05, 0.1) is 0 Å². The molecule has 0 saturated heterocycles. The van der Waals surface area contributed by atoms with Gasteiger partial charge < -0.3 is 5.32 Å².